The lowest BCUT2D eigenvalue weighted by Gasteiger charge is -2.21. The van der Waals surface area contributed by atoms with Crippen LogP contribution in [0.5, 0.6) is 0 Å². The molecule has 2 aromatic carbocycles. The fourth-order valence-corrected chi connectivity index (χ4v) is 3.86. The summed E-state index contributed by atoms with van der Waals surface area (Å²) in [5, 5.41) is 6.76. The predicted molar refractivity (Wildman–Crippen MR) is 111 cm³/mol. The number of rotatable bonds is 5. The number of hydrogen-bond acceptors (Lipinski definition) is 4. The first-order valence-corrected chi connectivity index (χ1v) is 9.78. The maximum absolute atomic E-state index is 12.8. The third kappa shape index (κ3) is 4.46. The number of benzene rings is 2. The number of carbonyl (C=O) groups is 2. The van der Waals surface area contributed by atoms with E-state index in [0.717, 1.165) is 15.8 Å². The topological polar surface area (TPSA) is 71.1 Å². The van der Waals surface area contributed by atoms with Crippen molar-refractivity contribution in [3.8, 4) is 0 Å². The van der Waals surface area contributed by atoms with E-state index >= 15 is 0 Å². The molecule has 27 heavy (non-hydrogen) atoms. The van der Waals surface area contributed by atoms with Crippen LogP contribution in [0.25, 0.3) is 10.2 Å². The Morgan fingerprint density at radius 1 is 1.15 bits per heavy atom. The van der Waals surface area contributed by atoms with Gasteiger partial charge in [-0.1, -0.05) is 55.0 Å². The highest BCUT2D eigenvalue weighted by molar-refractivity contribution is 7.22. The van der Waals surface area contributed by atoms with Gasteiger partial charge in [0.25, 0.3) is 5.91 Å². The molecular formula is C20H20ClN3O2S. The van der Waals surface area contributed by atoms with Gasteiger partial charge in [0.2, 0.25) is 5.91 Å². The molecule has 3 aromatic rings. The summed E-state index contributed by atoms with van der Waals surface area (Å²) in [5.74, 6) is -0.642. The van der Waals surface area contributed by atoms with Crippen molar-refractivity contribution in [3.05, 3.63) is 58.6 Å². The molecule has 0 aliphatic heterocycles. The van der Waals surface area contributed by atoms with Crippen molar-refractivity contribution in [2.24, 2.45) is 5.92 Å². The Labute approximate surface area is 166 Å². The number of thiazole rings is 1. The molecular weight excluding hydrogens is 382 g/mol. The van der Waals surface area contributed by atoms with Gasteiger partial charge in [0.1, 0.15) is 6.04 Å². The number of fused-ring (bicyclic) bond motifs is 1. The summed E-state index contributed by atoms with van der Waals surface area (Å²) in [4.78, 5) is 29.8. The van der Waals surface area contributed by atoms with Crippen LogP contribution in [-0.2, 0) is 4.79 Å². The van der Waals surface area contributed by atoms with Crippen LogP contribution in [-0.4, -0.2) is 22.8 Å². The Hall–Kier alpha value is -2.44. The third-order valence-corrected chi connectivity index (χ3v) is 5.37. The van der Waals surface area contributed by atoms with Gasteiger partial charge in [0.15, 0.2) is 5.13 Å². The summed E-state index contributed by atoms with van der Waals surface area (Å²) in [7, 11) is 0. The molecule has 3 rings (SSSR count). The molecule has 0 radical (unpaired) electrons. The number of carbonyl (C=O) groups excluding carboxylic acids is 2. The summed E-state index contributed by atoms with van der Waals surface area (Å²) in [6, 6.07) is 12.0. The number of anilines is 1. The number of aryl methyl sites for hydroxylation is 1. The Balaban J connectivity index is 1.76. The molecule has 0 saturated heterocycles. The first kappa shape index (κ1) is 19.3. The van der Waals surface area contributed by atoms with E-state index in [4.69, 9.17) is 11.6 Å². The van der Waals surface area contributed by atoms with Crippen LogP contribution >= 0.6 is 22.9 Å². The zero-order chi connectivity index (χ0) is 19.6. The van der Waals surface area contributed by atoms with Gasteiger partial charge >= 0.3 is 0 Å². The highest BCUT2D eigenvalue weighted by Gasteiger charge is 2.26. The SMILES string of the molecule is Cc1ccccc1C(=O)N[C@H](C(=O)Nc1nc2ccc(Cl)cc2s1)C(C)C. The van der Waals surface area contributed by atoms with E-state index in [-0.39, 0.29) is 17.7 Å². The fourth-order valence-electron chi connectivity index (χ4n) is 2.72. The maximum Gasteiger partial charge on any atom is 0.252 e. The van der Waals surface area contributed by atoms with E-state index in [2.05, 4.69) is 15.6 Å². The van der Waals surface area contributed by atoms with Crippen LogP contribution in [0.3, 0.4) is 0 Å². The van der Waals surface area contributed by atoms with Crippen LogP contribution in [0.1, 0.15) is 29.8 Å². The van der Waals surface area contributed by atoms with E-state index in [1.165, 1.54) is 11.3 Å². The van der Waals surface area contributed by atoms with Gasteiger partial charge in [-0.15, -0.1) is 0 Å². The number of halogens is 1. The van der Waals surface area contributed by atoms with Crippen LogP contribution < -0.4 is 10.6 Å². The normalized spacial score (nSPS) is 12.2. The second-order valence-electron chi connectivity index (χ2n) is 6.63. The Morgan fingerprint density at radius 2 is 1.89 bits per heavy atom. The third-order valence-electron chi connectivity index (χ3n) is 4.21. The van der Waals surface area contributed by atoms with Gasteiger partial charge in [-0.2, -0.15) is 0 Å². The van der Waals surface area contributed by atoms with E-state index in [9.17, 15) is 9.59 Å². The molecule has 0 saturated carbocycles. The van der Waals surface area contributed by atoms with Crippen molar-refractivity contribution < 1.29 is 9.59 Å². The standard InChI is InChI=1S/C20H20ClN3O2S/c1-11(2)17(23-18(25)14-7-5-4-6-12(14)3)19(26)24-20-22-15-9-8-13(21)10-16(15)27-20/h4-11,17H,1-3H3,(H,23,25)(H,22,24,26)/t17-/m0/s1. The molecule has 0 aliphatic rings. The van der Waals surface area contributed by atoms with Gasteiger partial charge in [0.05, 0.1) is 10.2 Å². The predicted octanol–water partition coefficient (Wildman–Crippen LogP) is 4.65. The second-order valence-corrected chi connectivity index (χ2v) is 8.10. The van der Waals surface area contributed by atoms with Gasteiger partial charge in [-0.25, -0.2) is 4.98 Å². The summed E-state index contributed by atoms with van der Waals surface area (Å²) in [5.41, 5.74) is 2.19. The molecule has 7 heteroatoms. The van der Waals surface area contributed by atoms with Gasteiger partial charge in [-0.3, -0.25) is 9.59 Å². The highest BCUT2D eigenvalue weighted by atomic mass is 35.5. The van der Waals surface area contributed by atoms with E-state index in [0.29, 0.717) is 15.7 Å². The summed E-state index contributed by atoms with van der Waals surface area (Å²) in [6.45, 7) is 5.65. The van der Waals surface area contributed by atoms with E-state index < -0.39 is 6.04 Å². The van der Waals surface area contributed by atoms with Crippen molar-refractivity contribution in [2.45, 2.75) is 26.8 Å². The minimum atomic E-state index is -0.673. The first-order chi connectivity index (χ1) is 12.8. The molecule has 1 heterocycles. The average molecular weight is 402 g/mol. The Bertz CT molecular complexity index is 1000. The molecule has 0 aliphatic carbocycles. The molecule has 0 spiro atoms. The fraction of sp³-hybridized carbons (Fsp3) is 0.250. The average Bonchev–Trinajstić information content (AvgIpc) is 3.00. The van der Waals surface area contributed by atoms with Gasteiger partial charge in [0, 0.05) is 10.6 Å². The Kier molecular flexibility index (Phi) is 5.77. The second kappa shape index (κ2) is 8.06. The first-order valence-electron chi connectivity index (χ1n) is 8.58. The van der Waals surface area contributed by atoms with Gasteiger partial charge < -0.3 is 10.6 Å². The molecule has 2 amide bonds. The minimum absolute atomic E-state index is 0.0817. The zero-order valence-corrected chi connectivity index (χ0v) is 16.8. The van der Waals surface area contributed by atoms with E-state index in [1.54, 1.807) is 18.2 Å². The largest absolute Gasteiger partial charge is 0.340 e. The lowest BCUT2D eigenvalue weighted by Crippen LogP contribution is -2.47. The number of aromatic nitrogens is 1. The number of hydrogen-bond donors (Lipinski definition) is 2. The van der Waals surface area contributed by atoms with Crippen molar-refractivity contribution in [3.63, 3.8) is 0 Å². The Morgan fingerprint density at radius 3 is 2.59 bits per heavy atom. The van der Waals surface area contributed by atoms with Crippen LogP contribution in [0, 0.1) is 12.8 Å². The maximum atomic E-state index is 12.8. The van der Waals surface area contributed by atoms with Crippen LogP contribution in [0.4, 0.5) is 5.13 Å². The van der Waals surface area contributed by atoms with E-state index in [1.807, 2.05) is 45.0 Å². The molecule has 0 unspecified atom stereocenters. The van der Waals surface area contributed by atoms with Gasteiger partial charge in [-0.05, 0) is 42.7 Å². The molecule has 5 nitrogen and oxygen atoms in total. The van der Waals surface area contributed by atoms with Crippen molar-refractivity contribution >= 4 is 50.1 Å². The van der Waals surface area contributed by atoms with Crippen LogP contribution in [0.2, 0.25) is 5.02 Å². The summed E-state index contributed by atoms with van der Waals surface area (Å²) in [6.07, 6.45) is 0. The van der Waals surface area contributed by atoms with Crippen molar-refractivity contribution in [1.29, 1.82) is 0 Å². The smallest absolute Gasteiger partial charge is 0.252 e. The number of amides is 2. The lowest BCUT2D eigenvalue weighted by molar-refractivity contribution is -0.118. The minimum Gasteiger partial charge on any atom is -0.340 e. The molecule has 1 aromatic heterocycles. The zero-order valence-electron chi connectivity index (χ0n) is 15.2. The highest BCUT2D eigenvalue weighted by Crippen LogP contribution is 2.28. The lowest BCUT2D eigenvalue weighted by atomic mass is 10.0. The molecule has 0 bridgehead atoms. The quantitative estimate of drug-likeness (QED) is 0.653. The summed E-state index contributed by atoms with van der Waals surface area (Å²) >= 11 is 7.34. The van der Waals surface area contributed by atoms with Crippen molar-refractivity contribution in [1.82, 2.24) is 10.3 Å². The molecule has 2 N–H and O–H groups in total. The summed E-state index contributed by atoms with van der Waals surface area (Å²) < 4.78 is 0.892. The number of nitrogens with one attached hydrogen (secondary N) is 2. The molecule has 140 valence electrons. The monoisotopic (exact) mass is 401 g/mol. The van der Waals surface area contributed by atoms with Crippen LogP contribution in [0.15, 0.2) is 42.5 Å². The van der Waals surface area contributed by atoms with Crippen molar-refractivity contribution in [2.75, 3.05) is 5.32 Å². The molecule has 0 fully saturated rings. The molecule has 1 atom stereocenters. The number of nitrogens with zero attached hydrogens (tertiary/aromatic N) is 1.